The fourth-order valence-corrected chi connectivity index (χ4v) is 2.14. The van der Waals surface area contributed by atoms with Gasteiger partial charge in [-0.3, -0.25) is 0 Å². The van der Waals surface area contributed by atoms with Crippen molar-refractivity contribution in [2.24, 2.45) is 0 Å². The molecule has 20 heavy (non-hydrogen) atoms. The van der Waals surface area contributed by atoms with E-state index in [0.717, 1.165) is 42.6 Å². The number of nitrogens with one attached hydrogen (secondary N) is 2. The number of hydrogen-bond donors (Lipinski definition) is 2. The zero-order valence-corrected chi connectivity index (χ0v) is 13.0. The molecule has 1 heterocycles. The second-order valence-corrected chi connectivity index (χ2v) is 5.54. The SMILES string of the molecule is CCNc1nc(C2CC2)nc(NC(C)CCOC)c1C. The van der Waals surface area contributed by atoms with Crippen LogP contribution in [0.15, 0.2) is 0 Å². The highest BCUT2D eigenvalue weighted by atomic mass is 16.5. The third kappa shape index (κ3) is 3.82. The molecular formula is C15H26N4O. The van der Waals surface area contributed by atoms with Crippen LogP contribution in [0, 0.1) is 6.92 Å². The quantitative estimate of drug-likeness (QED) is 0.765. The summed E-state index contributed by atoms with van der Waals surface area (Å²) in [6.07, 6.45) is 3.40. The average Bonchev–Trinajstić information content (AvgIpc) is 3.25. The van der Waals surface area contributed by atoms with E-state index in [-0.39, 0.29) is 0 Å². The van der Waals surface area contributed by atoms with Crippen molar-refractivity contribution in [1.82, 2.24) is 9.97 Å². The fourth-order valence-electron chi connectivity index (χ4n) is 2.14. The molecule has 0 aromatic carbocycles. The van der Waals surface area contributed by atoms with Crippen LogP contribution in [-0.2, 0) is 4.74 Å². The van der Waals surface area contributed by atoms with Gasteiger partial charge in [-0.2, -0.15) is 0 Å². The molecule has 1 fully saturated rings. The Morgan fingerprint density at radius 1 is 1.30 bits per heavy atom. The largest absolute Gasteiger partial charge is 0.385 e. The Bertz CT molecular complexity index is 446. The predicted octanol–water partition coefficient (Wildman–Crippen LogP) is 2.93. The minimum atomic E-state index is 0.338. The molecule has 0 bridgehead atoms. The smallest absolute Gasteiger partial charge is 0.136 e. The maximum absolute atomic E-state index is 5.13. The molecule has 0 spiro atoms. The summed E-state index contributed by atoms with van der Waals surface area (Å²) in [5, 5.41) is 6.84. The van der Waals surface area contributed by atoms with Gasteiger partial charge in [0.1, 0.15) is 17.5 Å². The second-order valence-electron chi connectivity index (χ2n) is 5.54. The van der Waals surface area contributed by atoms with Gasteiger partial charge in [0, 0.05) is 37.8 Å². The van der Waals surface area contributed by atoms with Crippen molar-refractivity contribution in [3.63, 3.8) is 0 Å². The van der Waals surface area contributed by atoms with E-state index >= 15 is 0 Å². The van der Waals surface area contributed by atoms with Gasteiger partial charge in [0.2, 0.25) is 0 Å². The van der Waals surface area contributed by atoms with E-state index in [4.69, 9.17) is 9.72 Å². The van der Waals surface area contributed by atoms with Crippen LogP contribution in [0.3, 0.4) is 0 Å². The lowest BCUT2D eigenvalue weighted by Crippen LogP contribution is -2.20. The molecule has 5 heteroatoms. The van der Waals surface area contributed by atoms with Crippen LogP contribution in [0.5, 0.6) is 0 Å². The first-order valence-corrected chi connectivity index (χ1v) is 7.53. The lowest BCUT2D eigenvalue weighted by atomic mass is 10.2. The number of anilines is 2. The van der Waals surface area contributed by atoms with Gasteiger partial charge in [-0.05, 0) is 40.0 Å². The van der Waals surface area contributed by atoms with E-state index in [1.807, 2.05) is 0 Å². The number of ether oxygens (including phenoxy) is 1. The average molecular weight is 278 g/mol. The minimum Gasteiger partial charge on any atom is -0.385 e. The Morgan fingerprint density at radius 2 is 2.00 bits per heavy atom. The first-order chi connectivity index (χ1) is 9.65. The standard InChI is InChI=1S/C15H26N4O/c1-5-16-13-11(3)14(17-10(2)8-9-20-4)19-15(18-13)12-6-7-12/h10,12H,5-9H2,1-4H3,(H2,16,17,18,19). The highest BCUT2D eigenvalue weighted by molar-refractivity contribution is 5.58. The molecular weight excluding hydrogens is 252 g/mol. The van der Waals surface area contributed by atoms with Gasteiger partial charge in [-0.1, -0.05) is 0 Å². The molecule has 2 N–H and O–H groups in total. The number of methoxy groups -OCH3 is 1. The van der Waals surface area contributed by atoms with Crippen molar-refractivity contribution < 1.29 is 4.74 Å². The summed E-state index contributed by atoms with van der Waals surface area (Å²) in [6, 6.07) is 0.338. The number of aromatic nitrogens is 2. The lowest BCUT2D eigenvalue weighted by molar-refractivity contribution is 0.191. The monoisotopic (exact) mass is 278 g/mol. The number of rotatable bonds is 8. The van der Waals surface area contributed by atoms with Crippen LogP contribution in [0.2, 0.25) is 0 Å². The fraction of sp³-hybridized carbons (Fsp3) is 0.733. The maximum atomic E-state index is 5.13. The molecule has 112 valence electrons. The number of nitrogens with zero attached hydrogens (tertiary/aromatic N) is 2. The van der Waals surface area contributed by atoms with Gasteiger partial charge in [-0.15, -0.1) is 0 Å². The van der Waals surface area contributed by atoms with Gasteiger partial charge in [0.05, 0.1) is 0 Å². The van der Waals surface area contributed by atoms with Crippen LogP contribution in [0.4, 0.5) is 11.6 Å². The van der Waals surface area contributed by atoms with Crippen molar-refractivity contribution in [1.29, 1.82) is 0 Å². The van der Waals surface area contributed by atoms with Crippen LogP contribution < -0.4 is 10.6 Å². The Morgan fingerprint density at radius 3 is 2.60 bits per heavy atom. The zero-order chi connectivity index (χ0) is 14.5. The first kappa shape index (κ1) is 15.0. The summed E-state index contributed by atoms with van der Waals surface area (Å²) >= 11 is 0. The van der Waals surface area contributed by atoms with Crippen LogP contribution in [0.1, 0.15) is 50.4 Å². The molecule has 1 aromatic rings. The molecule has 5 nitrogen and oxygen atoms in total. The Kier molecular flexibility index (Phi) is 5.17. The number of hydrogen-bond acceptors (Lipinski definition) is 5. The summed E-state index contributed by atoms with van der Waals surface area (Å²) in [6.45, 7) is 7.95. The molecule has 1 aliphatic rings. The van der Waals surface area contributed by atoms with E-state index in [2.05, 4.69) is 36.4 Å². The lowest BCUT2D eigenvalue weighted by Gasteiger charge is -2.18. The van der Waals surface area contributed by atoms with Gasteiger partial charge < -0.3 is 15.4 Å². The van der Waals surface area contributed by atoms with E-state index in [0.29, 0.717) is 12.0 Å². The van der Waals surface area contributed by atoms with Gasteiger partial charge in [0.25, 0.3) is 0 Å². The van der Waals surface area contributed by atoms with Gasteiger partial charge in [-0.25, -0.2) is 9.97 Å². The molecule has 0 saturated heterocycles. The molecule has 0 aliphatic heterocycles. The molecule has 1 atom stereocenters. The second kappa shape index (κ2) is 6.88. The van der Waals surface area contributed by atoms with Crippen LogP contribution in [0.25, 0.3) is 0 Å². The summed E-state index contributed by atoms with van der Waals surface area (Å²) in [7, 11) is 1.73. The maximum Gasteiger partial charge on any atom is 0.136 e. The van der Waals surface area contributed by atoms with Crippen molar-refractivity contribution in [2.45, 2.75) is 52.0 Å². The molecule has 0 amide bonds. The van der Waals surface area contributed by atoms with Crippen LogP contribution >= 0.6 is 0 Å². The highest BCUT2D eigenvalue weighted by Gasteiger charge is 2.28. The van der Waals surface area contributed by atoms with Crippen LogP contribution in [-0.4, -0.2) is 36.3 Å². The summed E-state index contributed by atoms with van der Waals surface area (Å²) in [4.78, 5) is 9.39. The molecule has 0 radical (unpaired) electrons. The molecule has 2 rings (SSSR count). The van der Waals surface area contributed by atoms with E-state index in [1.165, 1.54) is 12.8 Å². The van der Waals surface area contributed by atoms with E-state index in [9.17, 15) is 0 Å². The van der Waals surface area contributed by atoms with Crippen molar-refractivity contribution in [2.75, 3.05) is 30.9 Å². The zero-order valence-electron chi connectivity index (χ0n) is 13.0. The summed E-state index contributed by atoms with van der Waals surface area (Å²) < 4.78 is 5.13. The van der Waals surface area contributed by atoms with E-state index < -0.39 is 0 Å². The van der Waals surface area contributed by atoms with E-state index in [1.54, 1.807) is 7.11 Å². The Balaban J connectivity index is 2.16. The topological polar surface area (TPSA) is 59.1 Å². The van der Waals surface area contributed by atoms with Crippen molar-refractivity contribution >= 4 is 11.6 Å². The molecule has 1 aromatic heterocycles. The Hall–Kier alpha value is -1.36. The summed E-state index contributed by atoms with van der Waals surface area (Å²) in [5.41, 5.74) is 1.10. The minimum absolute atomic E-state index is 0.338. The normalized spacial score (nSPS) is 16.0. The highest BCUT2D eigenvalue weighted by Crippen LogP contribution is 2.39. The van der Waals surface area contributed by atoms with Gasteiger partial charge in [0.15, 0.2) is 0 Å². The third-order valence-electron chi connectivity index (χ3n) is 3.59. The third-order valence-corrected chi connectivity index (χ3v) is 3.59. The Labute approximate surface area is 121 Å². The van der Waals surface area contributed by atoms with Gasteiger partial charge >= 0.3 is 0 Å². The predicted molar refractivity (Wildman–Crippen MR) is 82.5 cm³/mol. The van der Waals surface area contributed by atoms with Crippen molar-refractivity contribution in [3.05, 3.63) is 11.4 Å². The molecule has 1 saturated carbocycles. The molecule has 1 aliphatic carbocycles. The van der Waals surface area contributed by atoms with Crippen molar-refractivity contribution in [3.8, 4) is 0 Å². The molecule has 1 unspecified atom stereocenters. The first-order valence-electron chi connectivity index (χ1n) is 7.53. The summed E-state index contributed by atoms with van der Waals surface area (Å²) in [5.74, 6) is 3.46.